The normalized spacial score (nSPS) is 11.2. The lowest BCUT2D eigenvalue weighted by Crippen LogP contribution is -2.02. The fraction of sp³-hybridized carbons (Fsp3) is 0. The number of nitrogens with two attached hydrogens (primary N) is 1. The highest BCUT2D eigenvalue weighted by Crippen LogP contribution is 2.34. The summed E-state index contributed by atoms with van der Waals surface area (Å²) in [6.45, 7) is 0. The average Bonchev–Trinajstić information content (AvgIpc) is 2.67. The van der Waals surface area contributed by atoms with Crippen molar-refractivity contribution in [3.8, 4) is 5.69 Å². The fourth-order valence-corrected chi connectivity index (χ4v) is 3.05. The first-order chi connectivity index (χ1) is 9.49. The molecule has 7 heteroatoms. The van der Waals surface area contributed by atoms with Crippen LogP contribution in [0, 0.1) is 9.39 Å². The van der Waals surface area contributed by atoms with Crippen molar-refractivity contribution in [1.29, 1.82) is 0 Å². The Morgan fingerprint density at radius 2 is 1.85 bits per heavy atom. The number of nitrogens with zero attached hydrogens (tertiary/aromatic N) is 2. The van der Waals surface area contributed by atoms with Gasteiger partial charge in [0.25, 0.3) is 0 Å². The van der Waals surface area contributed by atoms with E-state index in [0.29, 0.717) is 30.3 Å². The molecule has 0 saturated carbocycles. The van der Waals surface area contributed by atoms with Crippen molar-refractivity contribution in [2.75, 3.05) is 5.73 Å². The van der Waals surface area contributed by atoms with E-state index < -0.39 is 0 Å². The van der Waals surface area contributed by atoms with Gasteiger partial charge in [-0.1, -0.05) is 29.3 Å². The summed E-state index contributed by atoms with van der Waals surface area (Å²) in [7, 11) is 0. The summed E-state index contributed by atoms with van der Waals surface area (Å²) in [5, 5.41) is 0.838. The zero-order valence-electron chi connectivity index (χ0n) is 9.87. The quantitative estimate of drug-likeness (QED) is 0.581. The Morgan fingerprint density at radius 3 is 2.50 bits per heavy atom. The van der Waals surface area contributed by atoms with Crippen LogP contribution in [0.5, 0.6) is 0 Å². The highest BCUT2D eigenvalue weighted by Gasteiger charge is 2.17. The Kier molecular flexibility index (Phi) is 3.51. The predicted molar refractivity (Wildman–Crippen MR) is 88.2 cm³/mol. The molecule has 3 nitrogen and oxygen atoms in total. The SMILES string of the molecule is Nc1nc2cc(I)c(F)cc2n1-c1c(Cl)cccc1Cl. The second-order valence-electron chi connectivity index (χ2n) is 4.13. The third-order valence-electron chi connectivity index (χ3n) is 2.88. The van der Waals surface area contributed by atoms with E-state index in [1.54, 1.807) is 28.8 Å². The number of benzene rings is 2. The smallest absolute Gasteiger partial charge is 0.206 e. The molecule has 2 aromatic carbocycles. The molecule has 0 bridgehead atoms. The molecule has 0 aliphatic heterocycles. The van der Waals surface area contributed by atoms with Gasteiger partial charge in [0.05, 0.1) is 30.3 Å². The Balaban J connectivity index is 2.42. The monoisotopic (exact) mass is 421 g/mol. The van der Waals surface area contributed by atoms with Crippen LogP contribution in [0.15, 0.2) is 30.3 Å². The van der Waals surface area contributed by atoms with Gasteiger partial charge in [0, 0.05) is 6.07 Å². The minimum Gasteiger partial charge on any atom is -0.369 e. The molecule has 0 aliphatic carbocycles. The Hall–Kier alpha value is -1.05. The van der Waals surface area contributed by atoms with Crippen molar-refractivity contribution < 1.29 is 4.39 Å². The van der Waals surface area contributed by atoms with Crippen molar-refractivity contribution in [3.05, 3.63) is 49.8 Å². The lowest BCUT2D eigenvalue weighted by Gasteiger charge is -2.10. The van der Waals surface area contributed by atoms with E-state index in [-0.39, 0.29) is 11.8 Å². The predicted octanol–water partition coefficient (Wildman–Crippen LogP) is 4.66. The highest BCUT2D eigenvalue weighted by atomic mass is 127. The first-order valence-electron chi connectivity index (χ1n) is 5.56. The molecule has 0 amide bonds. The molecule has 0 saturated heterocycles. The number of anilines is 1. The largest absolute Gasteiger partial charge is 0.369 e. The number of fused-ring (bicyclic) bond motifs is 1. The molecular weight excluding hydrogens is 415 g/mol. The van der Waals surface area contributed by atoms with E-state index in [2.05, 4.69) is 4.98 Å². The van der Waals surface area contributed by atoms with Crippen LogP contribution in [-0.4, -0.2) is 9.55 Å². The van der Waals surface area contributed by atoms with Gasteiger partial charge in [-0.15, -0.1) is 0 Å². The minimum atomic E-state index is -0.345. The van der Waals surface area contributed by atoms with Crippen LogP contribution in [0.4, 0.5) is 10.3 Å². The molecule has 0 spiro atoms. The first-order valence-corrected chi connectivity index (χ1v) is 7.40. The summed E-state index contributed by atoms with van der Waals surface area (Å²) in [5.41, 5.74) is 7.54. The van der Waals surface area contributed by atoms with Crippen LogP contribution in [-0.2, 0) is 0 Å². The molecule has 3 aromatic rings. The average molecular weight is 422 g/mol. The Labute approximate surface area is 137 Å². The summed E-state index contributed by atoms with van der Waals surface area (Å²) in [5.74, 6) is -0.140. The van der Waals surface area contributed by atoms with Gasteiger partial charge in [-0.25, -0.2) is 9.37 Å². The second kappa shape index (κ2) is 5.05. The first kappa shape index (κ1) is 13.9. The second-order valence-corrected chi connectivity index (χ2v) is 6.11. The highest BCUT2D eigenvalue weighted by molar-refractivity contribution is 14.1. The van der Waals surface area contributed by atoms with Gasteiger partial charge in [-0.3, -0.25) is 4.57 Å². The number of rotatable bonds is 1. The third-order valence-corrected chi connectivity index (χ3v) is 4.32. The summed E-state index contributed by atoms with van der Waals surface area (Å²) in [6, 6.07) is 8.12. The minimum absolute atomic E-state index is 0.205. The van der Waals surface area contributed by atoms with Crippen molar-refractivity contribution in [2.45, 2.75) is 0 Å². The van der Waals surface area contributed by atoms with Crippen molar-refractivity contribution >= 4 is 62.8 Å². The van der Waals surface area contributed by atoms with Crippen LogP contribution in [0.25, 0.3) is 16.7 Å². The van der Waals surface area contributed by atoms with Gasteiger partial charge in [0.1, 0.15) is 5.82 Å². The number of nitrogen functional groups attached to an aromatic ring is 1. The van der Waals surface area contributed by atoms with Crippen LogP contribution >= 0.6 is 45.8 Å². The molecule has 0 atom stereocenters. The number of aromatic nitrogens is 2. The standard InChI is InChI=1S/C13H7Cl2FIN3/c14-6-2-1-3-7(15)12(6)20-11-4-8(16)9(17)5-10(11)19-13(20)18/h1-5H,(H2,18,19). The maximum atomic E-state index is 13.8. The van der Waals surface area contributed by atoms with Crippen LogP contribution < -0.4 is 5.73 Å². The molecule has 0 unspecified atom stereocenters. The summed E-state index contributed by atoms with van der Waals surface area (Å²) >= 11 is 14.3. The van der Waals surface area contributed by atoms with E-state index in [9.17, 15) is 4.39 Å². The van der Waals surface area contributed by atoms with E-state index in [0.717, 1.165) is 0 Å². The maximum Gasteiger partial charge on any atom is 0.206 e. The van der Waals surface area contributed by atoms with Gasteiger partial charge in [0.2, 0.25) is 5.95 Å². The lowest BCUT2D eigenvalue weighted by molar-refractivity contribution is 0.622. The van der Waals surface area contributed by atoms with Crippen molar-refractivity contribution in [2.24, 2.45) is 0 Å². The summed E-state index contributed by atoms with van der Waals surface area (Å²) < 4.78 is 15.8. The number of hydrogen-bond acceptors (Lipinski definition) is 2. The molecule has 20 heavy (non-hydrogen) atoms. The number of imidazole rings is 1. The fourth-order valence-electron chi connectivity index (χ4n) is 2.03. The molecule has 2 N–H and O–H groups in total. The zero-order chi connectivity index (χ0) is 14.4. The molecule has 1 aromatic heterocycles. The molecule has 3 rings (SSSR count). The molecule has 1 heterocycles. The van der Waals surface area contributed by atoms with Crippen LogP contribution in [0.1, 0.15) is 0 Å². The molecule has 0 radical (unpaired) electrons. The topological polar surface area (TPSA) is 43.8 Å². The summed E-state index contributed by atoms with van der Waals surface area (Å²) in [6.07, 6.45) is 0. The number of para-hydroxylation sites is 1. The van der Waals surface area contributed by atoms with Crippen LogP contribution in [0.3, 0.4) is 0 Å². The van der Waals surface area contributed by atoms with Crippen molar-refractivity contribution in [1.82, 2.24) is 9.55 Å². The zero-order valence-corrected chi connectivity index (χ0v) is 13.5. The van der Waals surface area contributed by atoms with E-state index in [4.69, 9.17) is 28.9 Å². The van der Waals surface area contributed by atoms with E-state index in [1.165, 1.54) is 6.07 Å². The molecule has 0 fully saturated rings. The Bertz CT molecular complexity index is 812. The molecular formula is C13H7Cl2FIN3. The number of halogens is 4. The third kappa shape index (κ3) is 2.13. The van der Waals surface area contributed by atoms with Gasteiger partial charge in [-0.2, -0.15) is 0 Å². The number of hydrogen-bond donors (Lipinski definition) is 1. The van der Waals surface area contributed by atoms with Gasteiger partial charge in [0.15, 0.2) is 0 Å². The molecule has 0 aliphatic rings. The van der Waals surface area contributed by atoms with Crippen molar-refractivity contribution in [3.63, 3.8) is 0 Å². The van der Waals surface area contributed by atoms with Crippen LogP contribution in [0.2, 0.25) is 10.0 Å². The summed E-state index contributed by atoms with van der Waals surface area (Å²) in [4.78, 5) is 4.23. The Morgan fingerprint density at radius 1 is 1.20 bits per heavy atom. The van der Waals surface area contributed by atoms with Gasteiger partial charge < -0.3 is 5.73 Å². The van der Waals surface area contributed by atoms with Gasteiger partial charge >= 0.3 is 0 Å². The lowest BCUT2D eigenvalue weighted by atomic mass is 10.2. The molecule has 102 valence electrons. The van der Waals surface area contributed by atoms with Gasteiger partial charge in [-0.05, 0) is 40.8 Å². The van der Waals surface area contributed by atoms with E-state index in [1.807, 2.05) is 22.6 Å². The van der Waals surface area contributed by atoms with E-state index >= 15 is 0 Å². The maximum absolute atomic E-state index is 13.8.